The molecule has 0 aliphatic heterocycles. The van der Waals surface area contributed by atoms with Gasteiger partial charge in [0.2, 0.25) is 0 Å². The van der Waals surface area contributed by atoms with Crippen molar-refractivity contribution in [3.8, 4) is 0 Å². The molecular weight excluding hydrogens is 430 g/mol. The molecule has 0 bridgehead atoms. The molecule has 2 aromatic rings. The van der Waals surface area contributed by atoms with E-state index in [2.05, 4.69) is 31.9 Å². The van der Waals surface area contributed by atoms with Gasteiger partial charge in [0.1, 0.15) is 4.34 Å². The van der Waals surface area contributed by atoms with E-state index in [-0.39, 0.29) is 4.83 Å². The molecule has 17 heavy (non-hydrogen) atoms. The van der Waals surface area contributed by atoms with Crippen molar-refractivity contribution in [1.29, 1.82) is 0 Å². The topological polar surface area (TPSA) is 0 Å². The van der Waals surface area contributed by atoms with Crippen molar-refractivity contribution in [2.45, 2.75) is 4.83 Å². The lowest BCUT2D eigenvalue weighted by molar-refractivity contribution is 1.22. The van der Waals surface area contributed by atoms with E-state index in [0.29, 0.717) is 10.0 Å². The lowest BCUT2D eigenvalue weighted by atomic mass is 10.1. The Bertz CT molecular complexity index is 534. The quantitative estimate of drug-likeness (QED) is 0.448. The molecular formula is C11H5Br2Cl3S. The van der Waals surface area contributed by atoms with Gasteiger partial charge in [-0.2, -0.15) is 0 Å². The van der Waals surface area contributed by atoms with Crippen LogP contribution in [0.1, 0.15) is 15.3 Å². The average Bonchev–Trinajstić information content (AvgIpc) is 2.58. The van der Waals surface area contributed by atoms with Crippen LogP contribution in [0.2, 0.25) is 14.4 Å². The van der Waals surface area contributed by atoms with Gasteiger partial charge < -0.3 is 0 Å². The maximum atomic E-state index is 6.17. The van der Waals surface area contributed by atoms with Crippen LogP contribution >= 0.6 is 78.0 Å². The second-order valence-electron chi connectivity index (χ2n) is 3.30. The molecule has 0 nitrogen and oxygen atoms in total. The lowest BCUT2D eigenvalue weighted by Gasteiger charge is -2.10. The maximum Gasteiger partial charge on any atom is 0.107 e. The molecule has 0 amide bonds. The fourth-order valence-corrected chi connectivity index (χ4v) is 4.54. The minimum atomic E-state index is 0.0149. The van der Waals surface area contributed by atoms with E-state index in [4.69, 9.17) is 34.8 Å². The lowest BCUT2D eigenvalue weighted by Crippen LogP contribution is -1.90. The number of benzene rings is 1. The summed E-state index contributed by atoms with van der Waals surface area (Å²) in [4.78, 5) is 1.10. The monoisotopic (exact) mass is 432 g/mol. The van der Waals surface area contributed by atoms with E-state index in [1.807, 2.05) is 18.2 Å². The highest BCUT2D eigenvalue weighted by Crippen LogP contribution is 2.43. The summed E-state index contributed by atoms with van der Waals surface area (Å²) >= 11 is 26.6. The smallest absolute Gasteiger partial charge is 0.107 e. The fraction of sp³-hybridized carbons (Fsp3) is 0.0909. The summed E-state index contributed by atoms with van der Waals surface area (Å²) in [6, 6.07) is 7.45. The van der Waals surface area contributed by atoms with E-state index in [9.17, 15) is 0 Å². The predicted molar refractivity (Wildman–Crippen MR) is 84.3 cm³/mol. The van der Waals surface area contributed by atoms with Gasteiger partial charge in [0.25, 0.3) is 0 Å². The SMILES string of the molecule is Clc1ccc(C(Br)c2cc(Br)c(Cl)s2)c(Cl)c1. The van der Waals surface area contributed by atoms with Crippen LogP contribution in [0, 0.1) is 0 Å². The van der Waals surface area contributed by atoms with Crippen molar-refractivity contribution in [2.24, 2.45) is 0 Å². The van der Waals surface area contributed by atoms with Gasteiger partial charge in [-0.05, 0) is 39.7 Å². The summed E-state index contributed by atoms with van der Waals surface area (Å²) in [5.74, 6) is 0. The molecule has 90 valence electrons. The van der Waals surface area contributed by atoms with Gasteiger partial charge in [-0.3, -0.25) is 0 Å². The first kappa shape index (κ1) is 14.2. The molecule has 1 unspecified atom stereocenters. The Hall–Kier alpha value is 0.750. The summed E-state index contributed by atoms with van der Waals surface area (Å²) in [5, 5.41) is 1.27. The van der Waals surface area contributed by atoms with Crippen LogP contribution in [0.15, 0.2) is 28.7 Å². The highest BCUT2D eigenvalue weighted by Gasteiger charge is 2.17. The Labute approximate surface area is 135 Å². The van der Waals surface area contributed by atoms with Gasteiger partial charge in [-0.1, -0.05) is 56.8 Å². The Morgan fingerprint density at radius 2 is 1.82 bits per heavy atom. The Kier molecular flexibility index (Phi) is 4.84. The molecule has 0 spiro atoms. The molecule has 1 heterocycles. The first-order chi connectivity index (χ1) is 7.99. The van der Waals surface area contributed by atoms with E-state index < -0.39 is 0 Å². The molecule has 6 heteroatoms. The molecule has 1 aromatic heterocycles. The van der Waals surface area contributed by atoms with Gasteiger partial charge in [-0.15, -0.1) is 11.3 Å². The predicted octanol–water partition coefficient (Wildman–Crippen LogP) is 6.96. The van der Waals surface area contributed by atoms with Crippen LogP contribution < -0.4 is 0 Å². The number of hydrogen-bond donors (Lipinski definition) is 0. The fourth-order valence-electron chi connectivity index (χ4n) is 1.35. The molecule has 0 fully saturated rings. The summed E-state index contributed by atoms with van der Waals surface area (Å²) < 4.78 is 1.63. The zero-order valence-corrected chi connectivity index (χ0v) is 14.4. The van der Waals surface area contributed by atoms with Crippen LogP contribution in [0.4, 0.5) is 0 Å². The summed E-state index contributed by atoms with van der Waals surface area (Å²) in [6.07, 6.45) is 0. The number of hydrogen-bond acceptors (Lipinski definition) is 1. The van der Waals surface area contributed by atoms with Gasteiger partial charge in [0.15, 0.2) is 0 Å². The first-order valence-corrected chi connectivity index (χ1v) is 8.18. The summed E-state index contributed by atoms with van der Waals surface area (Å²) in [5.41, 5.74) is 0.974. The summed E-state index contributed by atoms with van der Waals surface area (Å²) in [6.45, 7) is 0. The average molecular weight is 435 g/mol. The second-order valence-corrected chi connectivity index (χ2v) is 7.60. The third kappa shape index (κ3) is 3.20. The van der Waals surface area contributed by atoms with Gasteiger partial charge in [-0.25, -0.2) is 0 Å². The first-order valence-electron chi connectivity index (χ1n) is 4.53. The molecule has 0 aliphatic carbocycles. The number of thiophene rings is 1. The zero-order valence-electron chi connectivity index (χ0n) is 8.18. The number of alkyl halides is 1. The molecule has 1 atom stereocenters. The summed E-state index contributed by atoms with van der Waals surface area (Å²) in [7, 11) is 0. The molecule has 0 saturated heterocycles. The van der Waals surface area contributed by atoms with E-state index >= 15 is 0 Å². The van der Waals surface area contributed by atoms with Crippen molar-refractivity contribution in [2.75, 3.05) is 0 Å². The Morgan fingerprint density at radius 1 is 1.12 bits per heavy atom. The van der Waals surface area contributed by atoms with Gasteiger partial charge >= 0.3 is 0 Å². The van der Waals surface area contributed by atoms with Gasteiger partial charge in [0, 0.05) is 19.4 Å². The van der Waals surface area contributed by atoms with Crippen LogP contribution in [0.3, 0.4) is 0 Å². The molecule has 0 aliphatic rings. The molecule has 1 aromatic carbocycles. The third-order valence-electron chi connectivity index (χ3n) is 2.15. The van der Waals surface area contributed by atoms with E-state index in [1.54, 1.807) is 6.07 Å². The minimum Gasteiger partial charge on any atom is -0.126 e. The maximum absolute atomic E-state index is 6.17. The molecule has 0 radical (unpaired) electrons. The number of rotatable bonds is 2. The highest BCUT2D eigenvalue weighted by molar-refractivity contribution is 9.10. The van der Waals surface area contributed by atoms with Crippen LogP contribution in [0.5, 0.6) is 0 Å². The van der Waals surface area contributed by atoms with Crippen LogP contribution in [0.25, 0.3) is 0 Å². The Morgan fingerprint density at radius 3 is 2.35 bits per heavy atom. The minimum absolute atomic E-state index is 0.0149. The van der Waals surface area contributed by atoms with Crippen molar-refractivity contribution in [3.63, 3.8) is 0 Å². The van der Waals surface area contributed by atoms with Crippen molar-refractivity contribution < 1.29 is 0 Å². The molecule has 0 N–H and O–H groups in total. The van der Waals surface area contributed by atoms with Crippen molar-refractivity contribution in [3.05, 3.63) is 53.6 Å². The highest BCUT2D eigenvalue weighted by atomic mass is 79.9. The van der Waals surface area contributed by atoms with E-state index in [0.717, 1.165) is 19.2 Å². The van der Waals surface area contributed by atoms with Crippen molar-refractivity contribution in [1.82, 2.24) is 0 Å². The van der Waals surface area contributed by atoms with Gasteiger partial charge in [0.05, 0.1) is 4.83 Å². The molecule has 0 saturated carbocycles. The van der Waals surface area contributed by atoms with Crippen LogP contribution in [-0.2, 0) is 0 Å². The number of halogens is 5. The third-order valence-corrected chi connectivity index (χ3v) is 6.54. The standard InChI is InChI=1S/C11H5Br2Cl3S/c12-7-4-9(17-11(7)16)10(13)6-2-1-5(14)3-8(6)15/h1-4,10H. The second kappa shape index (κ2) is 5.81. The van der Waals surface area contributed by atoms with E-state index in [1.165, 1.54) is 11.3 Å². The van der Waals surface area contributed by atoms with Crippen molar-refractivity contribution >= 4 is 78.0 Å². The molecule has 2 rings (SSSR count). The van der Waals surface area contributed by atoms with Crippen LogP contribution in [-0.4, -0.2) is 0 Å². The zero-order chi connectivity index (χ0) is 12.6. The largest absolute Gasteiger partial charge is 0.126 e. The normalized spacial score (nSPS) is 12.8. The Balaban J connectivity index is 2.39.